The number of rotatable bonds is 4. The largest absolute Gasteiger partial charge is 0.357 e. The maximum absolute atomic E-state index is 5.33. The highest BCUT2D eigenvalue weighted by molar-refractivity contribution is 9.29. The molecule has 14 heavy (non-hydrogen) atoms. The monoisotopic (exact) mass is 301 g/mol. The molecule has 1 saturated heterocycles. The summed E-state index contributed by atoms with van der Waals surface area (Å²) in [7, 11) is 6.60. The van der Waals surface area contributed by atoms with E-state index in [0.717, 1.165) is 17.4 Å². The average Bonchev–Trinajstić information content (AvgIpc) is 2.25. The van der Waals surface area contributed by atoms with E-state index in [2.05, 4.69) is 4.90 Å². The Kier molecular flexibility index (Phi) is 8.18. The zero-order valence-electron chi connectivity index (χ0n) is 7.51. The van der Waals surface area contributed by atoms with Gasteiger partial charge in [-0.1, -0.05) is 24.4 Å². The molecule has 1 fully saturated rings. The van der Waals surface area contributed by atoms with Crippen LogP contribution in [0.3, 0.4) is 0 Å². The molecule has 0 saturated carbocycles. The van der Waals surface area contributed by atoms with Crippen LogP contribution in [0.4, 0.5) is 0 Å². The Labute approximate surface area is 111 Å². The summed E-state index contributed by atoms with van der Waals surface area (Å²) in [5.41, 5.74) is 0. The van der Waals surface area contributed by atoms with Gasteiger partial charge >= 0.3 is 0 Å². The first kappa shape index (κ1) is 13.4. The van der Waals surface area contributed by atoms with Crippen molar-refractivity contribution >= 4 is 74.7 Å². The van der Waals surface area contributed by atoms with E-state index in [4.69, 9.17) is 24.4 Å². The smallest absolute Gasteiger partial charge is 0.147 e. The first-order valence-electron chi connectivity index (χ1n) is 4.24. The van der Waals surface area contributed by atoms with Gasteiger partial charge in [0.05, 0.1) is 0 Å². The van der Waals surface area contributed by atoms with Gasteiger partial charge in [0.2, 0.25) is 0 Å². The summed E-state index contributed by atoms with van der Waals surface area (Å²) in [5.74, 6) is 0. The molecule has 1 nitrogen and oxygen atoms in total. The Bertz CT molecular complexity index is 191. The maximum atomic E-state index is 5.33. The summed E-state index contributed by atoms with van der Waals surface area (Å²) in [6.07, 6.45) is 3.92. The molecule has 0 aromatic heterocycles. The predicted molar refractivity (Wildman–Crippen MR) is 82.0 cm³/mol. The van der Waals surface area contributed by atoms with Gasteiger partial charge in [0, 0.05) is 17.8 Å². The summed E-state index contributed by atoms with van der Waals surface area (Å²) in [5, 5.41) is 0. The zero-order chi connectivity index (χ0) is 10.2. The summed E-state index contributed by atoms with van der Waals surface area (Å²) in [6.45, 7) is 2.27. The Balaban J connectivity index is 2.10. The summed E-state index contributed by atoms with van der Waals surface area (Å²) < 4.78 is 2.69. The molecular weight excluding hydrogens is 290 g/mol. The molecule has 1 rings (SSSR count). The molecule has 0 radical (unpaired) electrons. The second kappa shape index (κ2) is 8.52. The van der Waals surface area contributed by atoms with Crippen LogP contribution in [0.15, 0.2) is 0 Å². The quantitative estimate of drug-likeness (QED) is 0.425. The third-order valence-electron chi connectivity index (χ3n) is 1.83. The Hall–Kier alpha value is 1.38. The molecule has 0 aliphatic carbocycles. The van der Waals surface area contributed by atoms with Gasteiger partial charge in [-0.3, -0.25) is 0 Å². The van der Waals surface area contributed by atoms with E-state index >= 15 is 0 Å². The molecule has 0 N–H and O–H groups in total. The molecule has 0 spiro atoms. The third kappa shape index (κ3) is 5.46. The fourth-order valence-corrected chi connectivity index (χ4v) is 7.17. The first-order valence-corrected chi connectivity index (χ1v) is 10.00. The third-order valence-corrected chi connectivity index (χ3v) is 8.67. The Morgan fingerprint density at radius 2 is 1.86 bits per heavy atom. The number of likely N-dealkylation sites (tertiary alicyclic amines) is 1. The number of hydrogen-bond donors (Lipinski definition) is 0. The van der Waals surface area contributed by atoms with Gasteiger partial charge in [-0.05, 0) is 60.5 Å². The van der Waals surface area contributed by atoms with E-state index in [-0.39, 0.29) is 0 Å². The Morgan fingerprint density at radius 3 is 2.50 bits per heavy atom. The molecule has 0 aromatic carbocycles. The van der Waals surface area contributed by atoms with E-state index in [0.29, 0.717) is 0 Å². The molecule has 1 aliphatic heterocycles. The first-order chi connectivity index (χ1) is 6.84. The lowest BCUT2D eigenvalue weighted by Gasteiger charge is -2.27. The highest BCUT2D eigenvalue weighted by Crippen LogP contribution is 2.43. The Morgan fingerprint density at radius 1 is 1.14 bits per heavy atom. The molecule has 0 amide bonds. The SMILES string of the molecule is S=CSSSSC(=S)N1CCCCC1. The van der Waals surface area contributed by atoms with Crippen LogP contribution in [-0.2, 0) is 0 Å². The lowest BCUT2D eigenvalue weighted by molar-refractivity contribution is 0.352. The molecule has 1 aliphatic rings. The fourth-order valence-electron chi connectivity index (χ4n) is 1.20. The number of nitrogens with zero attached hydrogens (tertiary/aromatic N) is 1. The van der Waals surface area contributed by atoms with Crippen molar-refractivity contribution in [2.45, 2.75) is 19.3 Å². The highest BCUT2D eigenvalue weighted by atomic mass is 33.7. The standard InChI is InChI=1S/C7H11NS6/c9-6-11-13-14-12-7(10)8-4-2-1-3-5-8/h6H,1-5H2. The van der Waals surface area contributed by atoms with Gasteiger partial charge in [-0.15, -0.1) is 0 Å². The maximum Gasteiger partial charge on any atom is 0.147 e. The molecule has 0 aromatic rings. The van der Waals surface area contributed by atoms with Crippen molar-refractivity contribution in [1.29, 1.82) is 0 Å². The summed E-state index contributed by atoms with van der Waals surface area (Å²) in [6, 6.07) is 0. The van der Waals surface area contributed by atoms with Crippen LogP contribution in [0, 0.1) is 0 Å². The van der Waals surface area contributed by atoms with Gasteiger partial charge in [0.1, 0.15) is 4.32 Å². The van der Waals surface area contributed by atoms with Crippen molar-refractivity contribution in [3.05, 3.63) is 0 Å². The zero-order valence-corrected chi connectivity index (χ0v) is 12.4. The van der Waals surface area contributed by atoms with Crippen molar-refractivity contribution < 1.29 is 0 Å². The van der Waals surface area contributed by atoms with Crippen molar-refractivity contribution in [3.63, 3.8) is 0 Å². The van der Waals surface area contributed by atoms with Crippen molar-refractivity contribution in [2.75, 3.05) is 13.1 Å². The summed E-state index contributed by atoms with van der Waals surface area (Å²) in [4.78, 5) is 2.30. The van der Waals surface area contributed by atoms with Gasteiger partial charge in [-0.25, -0.2) is 0 Å². The van der Waals surface area contributed by atoms with Crippen LogP contribution in [0.5, 0.6) is 0 Å². The van der Waals surface area contributed by atoms with Gasteiger partial charge < -0.3 is 4.90 Å². The van der Waals surface area contributed by atoms with Crippen molar-refractivity contribution in [3.8, 4) is 0 Å². The van der Waals surface area contributed by atoms with Crippen molar-refractivity contribution in [2.24, 2.45) is 0 Å². The topological polar surface area (TPSA) is 3.24 Å². The molecule has 0 atom stereocenters. The molecular formula is C7H11NS6. The number of piperidine rings is 1. The molecule has 7 heteroatoms. The molecule has 1 heterocycles. The van der Waals surface area contributed by atoms with Crippen LogP contribution in [0.1, 0.15) is 19.3 Å². The number of hydrogen-bond acceptors (Lipinski definition) is 6. The van der Waals surface area contributed by atoms with Gasteiger partial charge in [0.25, 0.3) is 0 Å². The minimum Gasteiger partial charge on any atom is -0.357 e. The second-order valence-electron chi connectivity index (χ2n) is 2.73. The van der Waals surface area contributed by atoms with Crippen molar-refractivity contribution in [1.82, 2.24) is 4.90 Å². The van der Waals surface area contributed by atoms with Crippen LogP contribution in [0.25, 0.3) is 0 Å². The molecule has 80 valence electrons. The second-order valence-corrected chi connectivity index (χ2v) is 9.50. The number of thiocarbonyl (C=S) groups is 2. The van der Waals surface area contributed by atoms with E-state index in [1.807, 2.05) is 0 Å². The predicted octanol–water partition coefficient (Wildman–Crippen LogP) is 4.39. The summed E-state index contributed by atoms with van der Waals surface area (Å²) >= 11 is 10.0. The molecule has 0 unspecified atom stereocenters. The van der Waals surface area contributed by atoms with Crippen LogP contribution in [-0.4, -0.2) is 27.0 Å². The van der Waals surface area contributed by atoms with E-state index in [1.165, 1.54) is 19.3 Å². The lowest BCUT2D eigenvalue weighted by Crippen LogP contribution is -2.32. The van der Waals surface area contributed by atoms with Gasteiger partial charge in [-0.2, -0.15) is 0 Å². The van der Waals surface area contributed by atoms with Crippen LogP contribution >= 0.6 is 65.7 Å². The van der Waals surface area contributed by atoms with E-state index < -0.39 is 0 Å². The van der Waals surface area contributed by atoms with Crippen LogP contribution < -0.4 is 0 Å². The lowest BCUT2D eigenvalue weighted by atomic mass is 10.1. The minimum absolute atomic E-state index is 1.02. The van der Waals surface area contributed by atoms with Gasteiger partial charge in [0.15, 0.2) is 0 Å². The fraction of sp³-hybridized carbons (Fsp3) is 0.714. The normalized spacial score (nSPS) is 16.7. The molecule has 0 bridgehead atoms. The average molecular weight is 302 g/mol. The highest BCUT2D eigenvalue weighted by Gasteiger charge is 2.13. The minimum atomic E-state index is 1.02. The van der Waals surface area contributed by atoms with E-state index in [9.17, 15) is 0 Å². The van der Waals surface area contributed by atoms with E-state index in [1.54, 1.807) is 45.9 Å². The van der Waals surface area contributed by atoms with Crippen LogP contribution in [0.2, 0.25) is 0 Å².